The van der Waals surface area contributed by atoms with Gasteiger partial charge in [0.05, 0.1) is 10.6 Å². The smallest absolute Gasteiger partial charge is 0.410 e. The van der Waals surface area contributed by atoms with Gasteiger partial charge in [0, 0.05) is 17.5 Å². The van der Waals surface area contributed by atoms with Gasteiger partial charge >= 0.3 is 6.09 Å². The fourth-order valence-corrected chi connectivity index (χ4v) is 4.18. The van der Waals surface area contributed by atoms with Crippen molar-refractivity contribution in [2.24, 2.45) is 0 Å². The maximum atomic E-state index is 12.0. The number of hydrogen-bond donors (Lipinski definition) is 1. The first-order chi connectivity index (χ1) is 9.01. The monoisotopic (exact) mass is 301 g/mol. The molecule has 19 heavy (non-hydrogen) atoms. The minimum absolute atomic E-state index is 0.175. The van der Waals surface area contributed by atoms with Crippen LogP contribution in [0.4, 0.5) is 4.79 Å². The molecule has 1 amide bonds. The van der Waals surface area contributed by atoms with Gasteiger partial charge in [-0.2, -0.15) is 11.8 Å². The zero-order chi connectivity index (χ0) is 13.9. The van der Waals surface area contributed by atoms with Crippen molar-refractivity contribution in [1.29, 1.82) is 0 Å². The summed E-state index contributed by atoms with van der Waals surface area (Å²) in [5.74, 6) is 1.41. The van der Waals surface area contributed by atoms with Gasteiger partial charge in [0.25, 0.3) is 0 Å². The van der Waals surface area contributed by atoms with Crippen molar-refractivity contribution in [3.8, 4) is 5.75 Å². The molecule has 0 aromatic heterocycles. The molecular formula is C12H15NO4S2. The number of hydrogen-bond acceptors (Lipinski definition) is 5. The molecule has 0 bridgehead atoms. The highest BCUT2D eigenvalue weighted by molar-refractivity contribution is 8.08. The highest BCUT2D eigenvalue weighted by Gasteiger charge is 2.29. The van der Waals surface area contributed by atoms with Crippen molar-refractivity contribution in [2.45, 2.75) is 17.1 Å². The third-order valence-electron chi connectivity index (χ3n) is 2.52. The zero-order valence-electron chi connectivity index (χ0n) is 10.5. The maximum Gasteiger partial charge on any atom is 0.412 e. The molecule has 2 rings (SSSR count). The van der Waals surface area contributed by atoms with E-state index in [1.54, 1.807) is 18.7 Å². The minimum atomic E-state index is -3.23. The van der Waals surface area contributed by atoms with E-state index in [1.165, 1.54) is 24.3 Å². The predicted octanol–water partition coefficient (Wildman–Crippen LogP) is 1.68. The van der Waals surface area contributed by atoms with E-state index in [4.69, 9.17) is 4.74 Å². The van der Waals surface area contributed by atoms with Crippen molar-refractivity contribution in [3.63, 3.8) is 0 Å². The number of benzene rings is 1. The Morgan fingerprint density at radius 3 is 2.58 bits per heavy atom. The number of sulfone groups is 1. The lowest BCUT2D eigenvalue weighted by molar-refractivity contribution is 0.201. The van der Waals surface area contributed by atoms with Crippen LogP contribution in [0.15, 0.2) is 29.2 Å². The first kappa shape index (κ1) is 14.2. The van der Waals surface area contributed by atoms with Crippen LogP contribution in [-0.2, 0) is 9.84 Å². The van der Waals surface area contributed by atoms with Gasteiger partial charge in [0.1, 0.15) is 5.75 Å². The molecule has 1 unspecified atom stereocenters. The van der Waals surface area contributed by atoms with Crippen LogP contribution in [0.2, 0.25) is 0 Å². The summed E-state index contributed by atoms with van der Waals surface area (Å²) in [5.41, 5.74) is 0. The van der Waals surface area contributed by atoms with Gasteiger partial charge in [-0.1, -0.05) is 0 Å². The molecule has 104 valence electrons. The Morgan fingerprint density at radius 2 is 2.05 bits per heavy atom. The second-order valence-electron chi connectivity index (χ2n) is 4.13. The summed E-state index contributed by atoms with van der Waals surface area (Å²) >= 11 is 1.65. The van der Waals surface area contributed by atoms with E-state index in [9.17, 15) is 13.2 Å². The molecule has 1 atom stereocenters. The van der Waals surface area contributed by atoms with Gasteiger partial charge in [-0.15, -0.1) is 0 Å². The molecule has 1 aliphatic rings. The van der Waals surface area contributed by atoms with E-state index in [0.717, 1.165) is 5.75 Å². The molecule has 1 aliphatic heterocycles. The number of carbonyl (C=O) groups is 1. The van der Waals surface area contributed by atoms with Gasteiger partial charge in [-0.3, -0.25) is 0 Å². The van der Waals surface area contributed by atoms with Gasteiger partial charge in [-0.05, 0) is 31.2 Å². The summed E-state index contributed by atoms with van der Waals surface area (Å²) in [5, 5.41) is 2.72. The van der Waals surface area contributed by atoms with Gasteiger partial charge in [-0.25, -0.2) is 13.2 Å². The first-order valence-electron chi connectivity index (χ1n) is 5.91. The largest absolute Gasteiger partial charge is 0.412 e. The van der Waals surface area contributed by atoms with E-state index >= 15 is 0 Å². The highest BCUT2D eigenvalue weighted by Crippen LogP contribution is 2.33. The van der Waals surface area contributed by atoms with E-state index in [1.807, 2.05) is 0 Å². The normalized spacial score (nSPS) is 17.8. The third kappa shape index (κ3) is 4.14. The molecule has 0 aliphatic carbocycles. The Kier molecular flexibility index (Phi) is 4.36. The van der Waals surface area contributed by atoms with Gasteiger partial charge < -0.3 is 10.1 Å². The summed E-state index contributed by atoms with van der Waals surface area (Å²) in [7, 11) is -3.23. The lowest BCUT2D eigenvalue weighted by atomic mass is 10.3. The molecule has 1 aromatic rings. The SMILES string of the molecule is CCNC(=O)Oc1ccc(S(=O)(=O)CC2CS2)cc1. The Hall–Kier alpha value is -1.21. The predicted molar refractivity (Wildman–Crippen MR) is 74.4 cm³/mol. The summed E-state index contributed by atoms with van der Waals surface area (Å²) in [6.45, 7) is 2.26. The first-order valence-corrected chi connectivity index (χ1v) is 8.61. The van der Waals surface area contributed by atoms with E-state index in [-0.39, 0.29) is 15.9 Å². The average Bonchev–Trinajstić information content (AvgIpc) is 3.13. The Morgan fingerprint density at radius 1 is 1.42 bits per heavy atom. The maximum absolute atomic E-state index is 12.0. The summed E-state index contributed by atoms with van der Waals surface area (Å²) in [6.07, 6.45) is -0.549. The number of amides is 1. The standard InChI is InChI=1S/C12H15NO4S2/c1-2-13-12(14)17-9-3-5-11(6-4-9)19(15,16)8-10-7-18-10/h3-6,10H,2,7-8H2,1H3,(H,13,14). The minimum Gasteiger partial charge on any atom is -0.410 e. The number of nitrogens with one attached hydrogen (secondary N) is 1. The molecule has 0 radical (unpaired) electrons. The number of rotatable bonds is 5. The van der Waals surface area contributed by atoms with Gasteiger partial charge in [0.15, 0.2) is 9.84 Å². The number of ether oxygens (including phenoxy) is 1. The van der Waals surface area contributed by atoms with Crippen LogP contribution in [-0.4, -0.2) is 37.8 Å². The fraction of sp³-hybridized carbons (Fsp3) is 0.417. The van der Waals surface area contributed by atoms with Crippen molar-refractivity contribution >= 4 is 27.7 Å². The quantitative estimate of drug-likeness (QED) is 0.838. The van der Waals surface area contributed by atoms with Crippen molar-refractivity contribution < 1.29 is 17.9 Å². The van der Waals surface area contributed by atoms with Gasteiger partial charge in [0.2, 0.25) is 0 Å². The van der Waals surface area contributed by atoms with Crippen LogP contribution in [0.25, 0.3) is 0 Å². The van der Waals surface area contributed by atoms with Crippen molar-refractivity contribution in [2.75, 3.05) is 18.1 Å². The Labute approximate surface area is 116 Å². The number of carbonyl (C=O) groups excluding carboxylic acids is 1. The van der Waals surface area contributed by atoms with Crippen LogP contribution in [0.5, 0.6) is 5.75 Å². The molecule has 7 heteroatoms. The molecule has 0 saturated carbocycles. The highest BCUT2D eigenvalue weighted by atomic mass is 32.2. The zero-order valence-corrected chi connectivity index (χ0v) is 12.1. The summed E-state index contributed by atoms with van der Waals surface area (Å²) in [6, 6.07) is 5.91. The Bertz CT molecular complexity index is 550. The molecule has 0 spiro atoms. The van der Waals surface area contributed by atoms with Crippen LogP contribution in [0.3, 0.4) is 0 Å². The molecular weight excluding hydrogens is 286 g/mol. The molecule has 5 nitrogen and oxygen atoms in total. The van der Waals surface area contributed by atoms with Crippen LogP contribution in [0.1, 0.15) is 6.92 Å². The number of thioether (sulfide) groups is 1. The molecule has 1 N–H and O–H groups in total. The topological polar surface area (TPSA) is 72.5 Å². The van der Waals surface area contributed by atoms with Crippen LogP contribution in [0, 0.1) is 0 Å². The van der Waals surface area contributed by atoms with E-state index in [0.29, 0.717) is 12.3 Å². The average molecular weight is 301 g/mol. The Balaban J connectivity index is 2.03. The second-order valence-corrected chi connectivity index (χ2v) is 7.50. The molecule has 1 heterocycles. The fourth-order valence-electron chi connectivity index (χ4n) is 1.51. The summed E-state index contributed by atoms with van der Waals surface area (Å²) < 4.78 is 28.9. The second kappa shape index (κ2) is 5.83. The van der Waals surface area contributed by atoms with Crippen LogP contribution >= 0.6 is 11.8 Å². The lowest BCUT2D eigenvalue weighted by Gasteiger charge is -2.06. The van der Waals surface area contributed by atoms with E-state index < -0.39 is 15.9 Å². The summed E-state index contributed by atoms with van der Waals surface area (Å²) in [4.78, 5) is 11.5. The lowest BCUT2D eigenvalue weighted by Crippen LogP contribution is -2.26. The molecule has 1 aromatic carbocycles. The van der Waals surface area contributed by atoms with Crippen LogP contribution < -0.4 is 10.1 Å². The van der Waals surface area contributed by atoms with Crippen molar-refractivity contribution in [3.05, 3.63) is 24.3 Å². The van der Waals surface area contributed by atoms with E-state index in [2.05, 4.69) is 5.32 Å². The van der Waals surface area contributed by atoms with Crippen molar-refractivity contribution in [1.82, 2.24) is 5.32 Å². The third-order valence-corrected chi connectivity index (χ3v) is 5.54. The molecule has 1 saturated heterocycles. The molecule has 1 fully saturated rings.